The monoisotopic (exact) mass is 217 g/mol. The fraction of sp³-hybridized carbons (Fsp3) is 1.00. The van der Waals surface area contributed by atoms with Crippen molar-refractivity contribution >= 4 is 11.8 Å². The van der Waals surface area contributed by atoms with Crippen LogP contribution in [0.3, 0.4) is 0 Å². The molecule has 2 N–H and O–H groups in total. The standard InChI is InChI=1S/C11H23NOS/c1-9(10(2,3)13)12-8-11(14-4)6-5-7-11/h9,12-13H,5-8H2,1-4H3. The van der Waals surface area contributed by atoms with Gasteiger partial charge in [0, 0.05) is 17.3 Å². The van der Waals surface area contributed by atoms with Gasteiger partial charge >= 0.3 is 0 Å². The molecule has 0 aromatic rings. The van der Waals surface area contributed by atoms with Crippen molar-refractivity contribution in [2.45, 2.75) is 56.4 Å². The molecule has 1 aliphatic rings. The zero-order valence-corrected chi connectivity index (χ0v) is 10.6. The van der Waals surface area contributed by atoms with Crippen LogP contribution in [0.1, 0.15) is 40.0 Å². The molecule has 1 unspecified atom stereocenters. The average Bonchev–Trinajstić information content (AvgIpc) is 2.01. The van der Waals surface area contributed by atoms with E-state index in [-0.39, 0.29) is 6.04 Å². The van der Waals surface area contributed by atoms with E-state index >= 15 is 0 Å². The first-order valence-corrected chi connectivity index (χ1v) is 6.63. The molecule has 3 heteroatoms. The Hall–Kier alpha value is 0.270. The van der Waals surface area contributed by atoms with Gasteiger partial charge in [-0.1, -0.05) is 6.42 Å². The van der Waals surface area contributed by atoms with Crippen LogP contribution in [-0.4, -0.2) is 34.3 Å². The first kappa shape index (κ1) is 12.3. The predicted molar refractivity (Wildman–Crippen MR) is 63.9 cm³/mol. The molecule has 1 fully saturated rings. The second-order valence-corrected chi connectivity index (χ2v) is 6.27. The molecular weight excluding hydrogens is 194 g/mol. The summed E-state index contributed by atoms with van der Waals surface area (Å²) in [7, 11) is 0. The molecule has 84 valence electrons. The molecule has 0 bridgehead atoms. The van der Waals surface area contributed by atoms with E-state index in [1.807, 2.05) is 32.5 Å². The fourth-order valence-electron chi connectivity index (χ4n) is 1.61. The summed E-state index contributed by atoms with van der Waals surface area (Å²) in [6.45, 7) is 6.79. The highest BCUT2D eigenvalue weighted by Gasteiger charge is 2.36. The molecule has 1 rings (SSSR count). The molecule has 0 aliphatic heterocycles. The van der Waals surface area contributed by atoms with Gasteiger partial charge in [0.15, 0.2) is 0 Å². The number of thioether (sulfide) groups is 1. The summed E-state index contributed by atoms with van der Waals surface area (Å²) in [6, 6.07) is 0.159. The lowest BCUT2D eigenvalue weighted by Gasteiger charge is -2.42. The van der Waals surface area contributed by atoms with Crippen molar-refractivity contribution in [2.24, 2.45) is 0 Å². The van der Waals surface area contributed by atoms with Gasteiger partial charge in [-0.2, -0.15) is 11.8 Å². The summed E-state index contributed by atoms with van der Waals surface area (Å²) in [4.78, 5) is 0. The Kier molecular flexibility index (Phi) is 3.89. The van der Waals surface area contributed by atoms with Crippen LogP contribution >= 0.6 is 11.8 Å². The van der Waals surface area contributed by atoms with E-state index in [9.17, 15) is 5.11 Å². The van der Waals surface area contributed by atoms with E-state index in [4.69, 9.17) is 0 Å². The maximum absolute atomic E-state index is 9.78. The lowest BCUT2D eigenvalue weighted by atomic mass is 9.83. The second-order valence-electron chi connectivity index (χ2n) is 5.00. The number of nitrogens with one attached hydrogen (secondary N) is 1. The normalized spacial score (nSPS) is 22.9. The fourth-order valence-corrected chi connectivity index (χ4v) is 2.54. The van der Waals surface area contributed by atoms with Gasteiger partial charge in [-0.05, 0) is 39.9 Å². The van der Waals surface area contributed by atoms with Gasteiger partial charge in [0.2, 0.25) is 0 Å². The van der Waals surface area contributed by atoms with Crippen molar-refractivity contribution in [2.75, 3.05) is 12.8 Å². The zero-order valence-electron chi connectivity index (χ0n) is 9.76. The molecule has 14 heavy (non-hydrogen) atoms. The summed E-state index contributed by atoms with van der Waals surface area (Å²) in [6.07, 6.45) is 6.19. The lowest BCUT2D eigenvalue weighted by Crippen LogP contribution is -2.51. The highest BCUT2D eigenvalue weighted by molar-refractivity contribution is 8.00. The highest BCUT2D eigenvalue weighted by atomic mass is 32.2. The largest absolute Gasteiger partial charge is 0.389 e. The Morgan fingerprint density at radius 2 is 2.07 bits per heavy atom. The van der Waals surface area contributed by atoms with Crippen molar-refractivity contribution in [3.05, 3.63) is 0 Å². The minimum absolute atomic E-state index is 0.159. The Bertz CT molecular complexity index is 179. The van der Waals surface area contributed by atoms with Crippen LogP contribution < -0.4 is 5.32 Å². The maximum atomic E-state index is 9.78. The predicted octanol–water partition coefficient (Wildman–Crippen LogP) is 2.02. The van der Waals surface area contributed by atoms with Gasteiger partial charge in [-0.15, -0.1) is 0 Å². The summed E-state index contributed by atoms with van der Waals surface area (Å²) in [5.74, 6) is 0. The van der Waals surface area contributed by atoms with Crippen LogP contribution in [0.2, 0.25) is 0 Å². The van der Waals surface area contributed by atoms with Gasteiger partial charge in [0.25, 0.3) is 0 Å². The van der Waals surface area contributed by atoms with Gasteiger partial charge in [0.1, 0.15) is 0 Å². The summed E-state index contributed by atoms with van der Waals surface area (Å²) in [5, 5.41) is 13.2. The van der Waals surface area contributed by atoms with Crippen LogP contribution in [0, 0.1) is 0 Å². The number of aliphatic hydroxyl groups is 1. The first-order valence-electron chi connectivity index (χ1n) is 5.40. The van der Waals surface area contributed by atoms with Crippen LogP contribution in [-0.2, 0) is 0 Å². The molecule has 0 aromatic carbocycles. The topological polar surface area (TPSA) is 32.3 Å². The van der Waals surface area contributed by atoms with E-state index in [0.717, 1.165) is 6.54 Å². The first-order chi connectivity index (χ1) is 6.40. The minimum atomic E-state index is -0.622. The van der Waals surface area contributed by atoms with Crippen LogP contribution in [0.5, 0.6) is 0 Å². The Balaban J connectivity index is 2.32. The van der Waals surface area contributed by atoms with E-state index in [1.165, 1.54) is 19.3 Å². The molecular formula is C11H23NOS. The van der Waals surface area contributed by atoms with Gasteiger partial charge in [0.05, 0.1) is 5.60 Å². The van der Waals surface area contributed by atoms with Gasteiger partial charge in [-0.3, -0.25) is 0 Å². The summed E-state index contributed by atoms with van der Waals surface area (Å²) in [5.41, 5.74) is -0.622. The van der Waals surface area contributed by atoms with Gasteiger partial charge < -0.3 is 10.4 Å². The Morgan fingerprint density at radius 1 is 1.50 bits per heavy atom. The number of hydrogen-bond acceptors (Lipinski definition) is 3. The molecule has 0 heterocycles. The van der Waals surface area contributed by atoms with E-state index in [0.29, 0.717) is 4.75 Å². The molecule has 1 atom stereocenters. The number of hydrogen-bond donors (Lipinski definition) is 2. The lowest BCUT2D eigenvalue weighted by molar-refractivity contribution is 0.0424. The maximum Gasteiger partial charge on any atom is 0.0741 e. The number of rotatable bonds is 5. The molecule has 1 saturated carbocycles. The van der Waals surface area contributed by atoms with Crippen molar-refractivity contribution in [1.29, 1.82) is 0 Å². The third kappa shape index (κ3) is 2.88. The summed E-state index contributed by atoms with van der Waals surface area (Å²) >= 11 is 1.97. The molecule has 0 aromatic heterocycles. The molecule has 0 saturated heterocycles. The molecule has 1 aliphatic carbocycles. The second kappa shape index (κ2) is 4.42. The third-order valence-electron chi connectivity index (χ3n) is 3.49. The average molecular weight is 217 g/mol. The van der Waals surface area contributed by atoms with E-state index in [2.05, 4.69) is 11.6 Å². The Morgan fingerprint density at radius 3 is 2.36 bits per heavy atom. The van der Waals surface area contributed by atoms with E-state index < -0.39 is 5.60 Å². The van der Waals surface area contributed by atoms with Crippen LogP contribution in [0.15, 0.2) is 0 Å². The molecule has 0 amide bonds. The third-order valence-corrected chi connectivity index (χ3v) is 4.91. The van der Waals surface area contributed by atoms with Gasteiger partial charge in [-0.25, -0.2) is 0 Å². The van der Waals surface area contributed by atoms with Crippen LogP contribution in [0.4, 0.5) is 0 Å². The van der Waals surface area contributed by atoms with Crippen molar-refractivity contribution < 1.29 is 5.11 Å². The van der Waals surface area contributed by atoms with Crippen molar-refractivity contribution in [1.82, 2.24) is 5.32 Å². The highest BCUT2D eigenvalue weighted by Crippen LogP contribution is 2.42. The minimum Gasteiger partial charge on any atom is -0.389 e. The zero-order chi connectivity index (χ0) is 10.8. The Labute approximate surface area is 91.9 Å². The van der Waals surface area contributed by atoms with Crippen LogP contribution in [0.25, 0.3) is 0 Å². The SMILES string of the molecule is CSC1(CNC(C)C(C)(C)O)CCC1. The molecule has 0 radical (unpaired) electrons. The van der Waals surface area contributed by atoms with Crippen molar-refractivity contribution in [3.63, 3.8) is 0 Å². The van der Waals surface area contributed by atoms with E-state index in [1.54, 1.807) is 0 Å². The smallest absolute Gasteiger partial charge is 0.0741 e. The molecule has 2 nitrogen and oxygen atoms in total. The molecule has 0 spiro atoms. The quantitative estimate of drug-likeness (QED) is 0.739. The summed E-state index contributed by atoms with van der Waals surface area (Å²) < 4.78 is 0.458. The van der Waals surface area contributed by atoms with Crippen molar-refractivity contribution in [3.8, 4) is 0 Å².